The van der Waals surface area contributed by atoms with Crippen molar-refractivity contribution < 1.29 is 0 Å². The van der Waals surface area contributed by atoms with Crippen LogP contribution in [0.25, 0.3) is 5.57 Å². The average molecular weight is 215 g/mol. The first-order valence-electron chi connectivity index (χ1n) is 5.59. The molecule has 0 radical (unpaired) electrons. The zero-order valence-corrected chi connectivity index (χ0v) is 10.7. The quantitative estimate of drug-likeness (QED) is 0.677. The van der Waals surface area contributed by atoms with Gasteiger partial charge in [-0.25, -0.2) is 0 Å². The van der Waals surface area contributed by atoms with Gasteiger partial charge in [0.25, 0.3) is 0 Å². The molecule has 1 nitrogen and oxygen atoms in total. The molecule has 0 aliphatic heterocycles. The van der Waals surface area contributed by atoms with Crippen LogP contribution in [-0.4, -0.2) is 4.98 Å². The second kappa shape index (κ2) is 7.63. The number of nitrogens with zero attached hydrogens (tertiary/aromatic N) is 1. The van der Waals surface area contributed by atoms with Gasteiger partial charge in [-0.1, -0.05) is 51.3 Å². The lowest BCUT2D eigenvalue weighted by Gasteiger charge is -2.06. The molecule has 0 saturated carbocycles. The van der Waals surface area contributed by atoms with Gasteiger partial charge in [-0.05, 0) is 31.1 Å². The summed E-state index contributed by atoms with van der Waals surface area (Å²) in [6.07, 6.45) is 5.47. The van der Waals surface area contributed by atoms with Crippen molar-refractivity contribution in [2.45, 2.75) is 27.7 Å². The molecule has 1 heterocycles. The zero-order chi connectivity index (χ0) is 12.6. The maximum atomic E-state index is 4.48. The van der Waals surface area contributed by atoms with Crippen molar-refractivity contribution in [2.75, 3.05) is 0 Å². The molecule has 1 aromatic rings. The van der Waals surface area contributed by atoms with E-state index in [1.165, 1.54) is 0 Å². The van der Waals surface area contributed by atoms with Gasteiger partial charge in [-0.15, -0.1) is 0 Å². The Morgan fingerprint density at radius 2 is 1.81 bits per heavy atom. The topological polar surface area (TPSA) is 12.9 Å². The number of allylic oxidation sites excluding steroid dienone is 4. The average Bonchev–Trinajstić information content (AvgIpc) is 2.32. The number of hydrogen-bond acceptors (Lipinski definition) is 1. The standard InChI is InChI=1S/C13H15N.C2H6/c1-5-7-12(6-2)13-10(3)8-9-11(4)14-13;1-2/h5-9H,1-2H2,3-4H3;1-2H3/b12-7+;. The maximum absolute atomic E-state index is 4.48. The Morgan fingerprint density at radius 1 is 1.19 bits per heavy atom. The molecule has 0 spiro atoms. The van der Waals surface area contributed by atoms with E-state index in [4.69, 9.17) is 0 Å². The molecule has 1 heteroatoms. The van der Waals surface area contributed by atoms with E-state index in [1.807, 2.05) is 39.8 Å². The van der Waals surface area contributed by atoms with Crippen molar-refractivity contribution in [1.29, 1.82) is 0 Å². The van der Waals surface area contributed by atoms with Crippen LogP contribution < -0.4 is 0 Å². The largest absolute Gasteiger partial charge is 0.253 e. The monoisotopic (exact) mass is 215 g/mol. The van der Waals surface area contributed by atoms with Crippen molar-refractivity contribution >= 4 is 5.57 Å². The maximum Gasteiger partial charge on any atom is 0.0734 e. The highest BCUT2D eigenvalue weighted by molar-refractivity contribution is 5.74. The smallest absolute Gasteiger partial charge is 0.0734 e. The van der Waals surface area contributed by atoms with Crippen LogP contribution in [0.3, 0.4) is 0 Å². The number of pyridine rings is 1. The molecule has 86 valence electrons. The van der Waals surface area contributed by atoms with E-state index >= 15 is 0 Å². The van der Waals surface area contributed by atoms with Crippen LogP contribution >= 0.6 is 0 Å². The lowest BCUT2D eigenvalue weighted by molar-refractivity contribution is 1.14. The van der Waals surface area contributed by atoms with Gasteiger partial charge in [0.15, 0.2) is 0 Å². The normalized spacial score (nSPS) is 10.1. The molecule has 0 amide bonds. The van der Waals surface area contributed by atoms with Crippen molar-refractivity contribution in [3.63, 3.8) is 0 Å². The minimum Gasteiger partial charge on any atom is -0.253 e. The molecule has 0 bridgehead atoms. The summed E-state index contributed by atoms with van der Waals surface area (Å²) in [6, 6.07) is 4.07. The summed E-state index contributed by atoms with van der Waals surface area (Å²) in [7, 11) is 0. The molecule has 1 rings (SSSR count). The Morgan fingerprint density at radius 3 is 2.31 bits per heavy atom. The number of rotatable bonds is 3. The molecule has 1 aromatic heterocycles. The molecule has 0 aliphatic carbocycles. The van der Waals surface area contributed by atoms with Crippen molar-refractivity contribution in [3.05, 3.63) is 60.5 Å². The van der Waals surface area contributed by atoms with Gasteiger partial charge in [0.1, 0.15) is 0 Å². The van der Waals surface area contributed by atoms with E-state index in [1.54, 1.807) is 12.2 Å². The highest BCUT2D eigenvalue weighted by Gasteiger charge is 2.02. The van der Waals surface area contributed by atoms with E-state index < -0.39 is 0 Å². The minimum absolute atomic E-state index is 0.986. The predicted octanol–water partition coefficient (Wildman–Crippen LogP) is 4.48. The van der Waals surface area contributed by atoms with Crippen LogP contribution in [-0.2, 0) is 0 Å². The molecule has 0 N–H and O–H groups in total. The first-order chi connectivity index (χ1) is 7.69. The fraction of sp³-hybridized carbons (Fsp3) is 0.267. The SMILES string of the molecule is C=C/C=C(\C=C)c1nc(C)ccc1C.CC. The Labute approximate surface area is 99.2 Å². The Kier molecular flexibility index (Phi) is 6.86. The molecular weight excluding hydrogens is 194 g/mol. The Balaban J connectivity index is 0.00000106. The molecule has 0 atom stereocenters. The van der Waals surface area contributed by atoms with Gasteiger partial charge in [0.05, 0.1) is 5.69 Å². The van der Waals surface area contributed by atoms with E-state index in [2.05, 4.69) is 24.2 Å². The third kappa shape index (κ3) is 3.85. The lowest BCUT2D eigenvalue weighted by atomic mass is 10.1. The van der Waals surface area contributed by atoms with Crippen molar-refractivity contribution in [1.82, 2.24) is 4.98 Å². The molecule has 16 heavy (non-hydrogen) atoms. The second-order valence-electron chi connectivity index (χ2n) is 3.18. The van der Waals surface area contributed by atoms with Gasteiger partial charge in [0, 0.05) is 5.69 Å². The first kappa shape index (κ1) is 14.4. The lowest BCUT2D eigenvalue weighted by Crippen LogP contribution is -1.93. The van der Waals surface area contributed by atoms with E-state index in [0.29, 0.717) is 0 Å². The minimum atomic E-state index is 0.986. The van der Waals surface area contributed by atoms with E-state index in [-0.39, 0.29) is 0 Å². The number of aryl methyl sites for hydroxylation is 2. The number of hydrogen-bond donors (Lipinski definition) is 0. The van der Waals surface area contributed by atoms with Crippen molar-refractivity contribution in [2.24, 2.45) is 0 Å². The summed E-state index contributed by atoms with van der Waals surface area (Å²) in [4.78, 5) is 4.48. The Hall–Kier alpha value is -1.63. The zero-order valence-electron chi connectivity index (χ0n) is 10.7. The van der Waals surface area contributed by atoms with Crippen molar-refractivity contribution in [3.8, 4) is 0 Å². The van der Waals surface area contributed by atoms with Gasteiger partial charge in [-0.2, -0.15) is 0 Å². The van der Waals surface area contributed by atoms with Gasteiger partial charge in [0.2, 0.25) is 0 Å². The third-order valence-electron chi connectivity index (χ3n) is 2.03. The summed E-state index contributed by atoms with van der Waals surface area (Å²) in [5, 5.41) is 0. The molecule has 0 aromatic carbocycles. The fourth-order valence-electron chi connectivity index (χ4n) is 1.29. The van der Waals surface area contributed by atoms with Gasteiger partial charge in [-0.3, -0.25) is 4.98 Å². The number of aromatic nitrogens is 1. The molecular formula is C15H21N. The van der Waals surface area contributed by atoms with Crippen LogP contribution in [0.1, 0.15) is 30.8 Å². The summed E-state index contributed by atoms with van der Waals surface area (Å²) < 4.78 is 0. The second-order valence-corrected chi connectivity index (χ2v) is 3.18. The summed E-state index contributed by atoms with van der Waals surface area (Å²) in [6.45, 7) is 15.5. The highest BCUT2D eigenvalue weighted by atomic mass is 14.7. The highest BCUT2D eigenvalue weighted by Crippen LogP contribution is 2.17. The first-order valence-corrected chi connectivity index (χ1v) is 5.59. The predicted molar refractivity (Wildman–Crippen MR) is 73.4 cm³/mol. The van der Waals surface area contributed by atoms with Gasteiger partial charge < -0.3 is 0 Å². The van der Waals surface area contributed by atoms with Crippen LogP contribution in [0.2, 0.25) is 0 Å². The van der Waals surface area contributed by atoms with Crippen LogP contribution in [0, 0.1) is 13.8 Å². The molecule has 0 aliphatic rings. The third-order valence-corrected chi connectivity index (χ3v) is 2.03. The van der Waals surface area contributed by atoms with E-state index in [0.717, 1.165) is 22.5 Å². The van der Waals surface area contributed by atoms with E-state index in [9.17, 15) is 0 Å². The summed E-state index contributed by atoms with van der Waals surface area (Å²) in [5.74, 6) is 0. The molecule has 0 saturated heterocycles. The van der Waals surface area contributed by atoms with Crippen LogP contribution in [0.5, 0.6) is 0 Å². The van der Waals surface area contributed by atoms with Crippen LogP contribution in [0.15, 0.2) is 43.5 Å². The summed E-state index contributed by atoms with van der Waals surface area (Å²) >= 11 is 0. The fourth-order valence-corrected chi connectivity index (χ4v) is 1.29. The Bertz CT molecular complexity index is 386. The van der Waals surface area contributed by atoms with Gasteiger partial charge >= 0.3 is 0 Å². The molecule has 0 fully saturated rings. The van der Waals surface area contributed by atoms with Crippen LogP contribution in [0.4, 0.5) is 0 Å². The molecule has 0 unspecified atom stereocenters. The summed E-state index contributed by atoms with van der Waals surface area (Å²) in [5.41, 5.74) is 4.17.